The lowest BCUT2D eigenvalue weighted by atomic mass is 9.84. The van der Waals surface area contributed by atoms with Gasteiger partial charge in [0.25, 0.3) is 5.91 Å². The lowest BCUT2D eigenvalue weighted by molar-refractivity contribution is -0.166. The molecule has 0 spiro atoms. The molecule has 0 bridgehead atoms. The van der Waals surface area contributed by atoms with Crippen molar-refractivity contribution < 1.29 is 19.4 Å². The summed E-state index contributed by atoms with van der Waals surface area (Å²) in [4.78, 5) is 14.1. The summed E-state index contributed by atoms with van der Waals surface area (Å²) < 4.78 is 11.9. The smallest absolute Gasteiger partial charge is 0.286 e. The number of carbonyl (C=O) groups is 1. The van der Waals surface area contributed by atoms with Gasteiger partial charge in [-0.25, -0.2) is 0 Å². The normalized spacial score (nSPS) is 26.3. The first-order valence-corrected chi connectivity index (χ1v) is 11.1. The van der Waals surface area contributed by atoms with Crippen molar-refractivity contribution in [3.8, 4) is 0 Å². The van der Waals surface area contributed by atoms with Gasteiger partial charge in [0.1, 0.15) is 0 Å². The molecule has 1 aliphatic heterocycles. The van der Waals surface area contributed by atoms with Crippen LogP contribution in [0.5, 0.6) is 0 Å². The number of nitrogens with one attached hydrogen (secondary N) is 1. The average Bonchev–Trinajstić information content (AvgIpc) is 3.22. The molecule has 2 aliphatic rings. The highest BCUT2D eigenvalue weighted by Crippen LogP contribution is 2.41. The largest absolute Gasteiger partial charge is 0.459 e. The first-order valence-electron chi connectivity index (χ1n) is 10.2. The van der Waals surface area contributed by atoms with Gasteiger partial charge in [0, 0.05) is 36.0 Å². The Kier molecular flexibility index (Phi) is 7.73. The van der Waals surface area contributed by atoms with Crippen LogP contribution >= 0.6 is 11.3 Å². The molecule has 0 aromatic carbocycles. The van der Waals surface area contributed by atoms with Crippen LogP contribution in [-0.2, 0) is 14.3 Å². The molecule has 3 rings (SSSR count). The lowest BCUT2D eigenvalue weighted by Gasteiger charge is -2.36. The molecule has 0 radical (unpaired) electrons. The molecule has 0 saturated heterocycles. The molecule has 1 saturated carbocycles. The maximum atomic E-state index is 12.9. The van der Waals surface area contributed by atoms with Crippen molar-refractivity contribution in [2.45, 2.75) is 70.1 Å². The van der Waals surface area contributed by atoms with Crippen LogP contribution in [0.1, 0.15) is 62.7 Å². The Morgan fingerprint density at radius 2 is 2.19 bits per heavy atom. The minimum atomic E-state index is -0.467. The van der Waals surface area contributed by atoms with E-state index < -0.39 is 6.29 Å². The van der Waals surface area contributed by atoms with Gasteiger partial charge in [-0.15, -0.1) is 11.3 Å². The first-order chi connectivity index (χ1) is 13.2. The predicted octanol–water partition coefficient (Wildman–Crippen LogP) is 3.95. The van der Waals surface area contributed by atoms with Crippen molar-refractivity contribution >= 4 is 17.2 Å². The van der Waals surface area contributed by atoms with Gasteiger partial charge >= 0.3 is 0 Å². The minimum Gasteiger partial charge on any atom is -0.459 e. The molecule has 150 valence electrons. The Morgan fingerprint density at radius 3 is 2.85 bits per heavy atom. The molecule has 1 aromatic heterocycles. The van der Waals surface area contributed by atoms with Gasteiger partial charge < -0.3 is 19.9 Å². The first kappa shape index (κ1) is 20.4. The topological polar surface area (TPSA) is 67.8 Å². The average molecular weight is 394 g/mol. The van der Waals surface area contributed by atoms with Gasteiger partial charge in [-0.2, -0.15) is 0 Å². The SMILES string of the molecule is CCO[C@@H]1OC(C(=O)NC2CCCCC2)=C[C@H](c2cccs2)[C@H]1CCCO. The molecule has 1 fully saturated rings. The molecule has 1 aliphatic carbocycles. The van der Waals surface area contributed by atoms with E-state index in [1.165, 1.54) is 24.1 Å². The van der Waals surface area contributed by atoms with Crippen molar-refractivity contribution in [3.05, 3.63) is 34.2 Å². The molecule has 3 atom stereocenters. The maximum Gasteiger partial charge on any atom is 0.286 e. The van der Waals surface area contributed by atoms with Gasteiger partial charge in [0.15, 0.2) is 5.76 Å². The predicted molar refractivity (Wildman–Crippen MR) is 106 cm³/mol. The van der Waals surface area contributed by atoms with Crippen LogP contribution in [0.3, 0.4) is 0 Å². The number of rotatable bonds is 8. The van der Waals surface area contributed by atoms with E-state index in [0.29, 0.717) is 18.8 Å². The lowest BCUT2D eigenvalue weighted by Crippen LogP contribution is -2.42. The van der Waals surface area contributed by atoms with Crippen LogP contribution in [0.25, 0.3) is 0 Å². The third-order valence-electron chi connectivity index (χ3n) is 5.45. The van der Waals surface area contributed by atoms with E-state index in [-0.39, 0.29) is 30.4 Å². The molecule has 2 N–H and O–H groups in total. The molecule has 2 heterocycles. The zero-order chi connectivity index (χ0) is 19.1. The number of carbonyl (C=O) groups excluding carboxylic acids is 1. The standard InChI is InChI=1S/C21H31NO4S/c1-2-25-21-16(10-6-12-23)17(19-11-7-13-27-19)14-18(26-21)20(24)22-15-8-4-3-5-9-15/h7,11,13-17,21,23H,2-6,8-10,12H2,1H3,(H,22,24)/t16-,17+,21-/m1/s1. The highest BCUT2D eigenvalue weighted by Gasteiger charge is 2.38. The van der Waals surface area contributed by atoms with E-state index in [1.54, 1.807) is 11.3 Å². The summed E-state index contributed by atoms with van der Waals surface area (Å²) in [7, 11) is 0. The van der Waals surface area contributed by atoms with Crippen LogP contribution in [0, 0.1) is 5.92 Å². The van der Waals surface area contributed by atoms with Crippen LogP contribution in [-0.4, -0.2) is 36.6 Å². The fourth-order valence-electron chi connectivity index (χ4n) is 4.08. The Bertz CT molecular complexity index is 610. The molecule has 6 heteroatoms. The third kappa shape index (κ3) is 5.33. The van der Waals surface area contributed by atoms with Crippen molar-refractivity contribution in [2.75, 3.05) is 13.2 Å². The minimum absolute atomic E-state index is 0.0638. The van der Waals surface area contributed by atoms with Crippen molar-refractivity contribution in [3.63, 3.8) is 0 Å². The summed E-state index contributed by atoms with van der Waals surface area (Å²) in [6.45, 7) is 2.60. The molecule has 1 aromatic rings. The van der Waals surface area contributed by atoms with Crippen LogP contribution < -0.4 is 5.32 Å². The fourth-order valence-corrected chi connectivity index (χ4v) is 4.95. The zero-order valence-corrected chi connectivity index (χ0v) is 16.9. The number of hydrogen-bond acceptors (Lipinski definition) is 5. The number of ether oxygens (including phenoxy) is 2. The monoisotopic (exact) mass is 393 g/mol. The van der Waals surface area contributed by atoms with E-state index >= 15 is 0 Å². The van der Waals surface area contributed by atoms with Gasteiger partial charge in [0.2, 0.25) is 6.29 Å². The number of thiophene rings is 1. The fraction of sp³-hybridized carbons (Fsp3) is 0.667. The zero-order valence-electron chi connectivity index (χ0n) is 16.1. The molecular weight excluding hydrogens is 362 g/mol. The number of amides is 1. The second-order valence-corrected chi connectivity index (χ2v) is 8.33. The number of aliphatic hydroxyl groups is 1. The molecule has 27 heavy (non-hydrogen) atoms. The van der Waals surface area contributed by atoms with Gasteiger partial charge in [-0.3, -0.25) is 4.79 Å². The molecular formula is C21H31NO4S. The van der Waals surface area contributed by atoms with E-state index in [4.69, 9.17) is 9.47 Å². The Hall–Kier alpha value is -1.37. The van der Waals surface area contributed by atoms with E-state index in [1.807, 2.05) is 19.1 Å². The molecule has 5 nitrogen and oxygen atoms in total. The number of allylic oxidation sites excluding steroid dienone is 1. The van der Waals surface area contributed by atoms with Crippen LogP contribution in [0.4, 0.5) is 0 Å². The van der Waals surface area contributed by atoms with E-state index in [0.717, 1.165) is 19.3 Å². The summed E-state index contributed by atoms with van der Waals surface area (Å²) in [6, 6.07) is 4.38. The van der Waals surface area contributed by atoms with Gasteiger partial charge in [-0.1, -0.05) is 25.3 Å². The highest BCUT2D eigenvalue weighted by atomic mass is 32.1. The summed E-state index contributed by atoms with van der Waals surface area (Å²) in [5.41, 5.74) is 0. The Morgan fingerprint density at radius 1 is 1.37 bits per heavy atom. The summed E-state index contributed by atoms with van der Waals surface area (Å²) in [5.74, 6) is 0.391. The summed E-state index contributed by atoms with van der Waals surface area (Å²) in [6.07, 6.45) is 8.66. The van der Waals surface area contributed by atoms with Gasteiger partial charge in [0.05, 0.1) is 0 Å². The van der Waals surface area contributed by atoms with Crippen molar-refractivity contribution in [1.29, 1.82) is 0 Å². The molecule has 0 unspecified atom stereocenters. The quantitative estimate of drug-likeness (QED) is 0.702. The van der Waals surface area contributed by atoms with E-state index in [2.05, 4.69) is 16.8 Å². The maximum absolute atomic E-state index is 12.9. The third-order valence-corrected chi connectivity index (χ3v) is 6.42. The summed E-state index contributed by atoms with van der Waals surface area (Å²) >= 11 is 1.69. The summed E-state index contributed by atoms with van der Waals surface area (Å²) in [5, 5.41) is 14.5. The molecule has 1 amide bonds. The Labute approximate surface area is 165 Å². The Balaban J connectivity index is 1.80. The number of hydrogen-bond donors (Lipinski definition) is 2. The highest BCUT2D eigenvalue weighted by molar-refractivity contribution is 7.10. The van der Waals surface area contributed by atoms with Crippen molar-refractivity contribution in [2.24, 2.45) is 5.92 Å². The van der Waals surface area contributed by atoms with Crippen molar-refractivity contribution in [1.82, 2.24) is 5.32 Å². The number of aliphatic hydroxyl groups excluding tert-OH is 1. The van der Waals surface area contributed by atoms with Crippen LogP contribution in [0.15, 0.2) is 29.3 Å². The second kappa shape index (κ2) is 10.2. The van der Waals surface area contributed by atoms with Gasteiger partial charge in [-0.05, 0) is 50.1 Å². The van der Waals surface area contributed by atoms with Crippen LogP contribution in [0.2, 0.25) is 0 Å². The van der Waals surface area contributed by atoms with E-state index in [9.17, 15) is 9.90 Å². The second-order valence-electron chi connectivity index (χ2n) is 7.35.